The summed E-state index contributed by atoms with van der Waals surface area (Å²) in [6, 6.07) is 13.6. The van der Waals surface area contributed by atoms with Gasteiger partial charge in [-0.25, -0.2) is 4.39 Å². The van der Waals surface area contributed by atoms with Crippen LogP contribution in [0.5, 0.6) is 0 Å². The van der Waals surface area contributed by atoms with Crippen LogP contribution < -0.4 is 10.9 Å². The van der Waals surface area contributed by atoms with Gasteiger partial charge in [-0.15, -0.1) is 11.8 Å². The van der Waals surface area contributed by atoms with Crippen LogP contribution in [-0.2, 0) is 10.5 Å². The average Bonchev–Trinajstić information content (AvgIpc) is 2.55. The minimum Gasteiger partial charge on any atom is -0.272 e. The second-order valence-corrected chi connectivity index (χ2v) is 5.95. The molecule has 2 N–H and O–H groups in total. The number of aryl methyl sites for hydroxylation is 1. The van der Waals surface area contributed by atoms with Crippen molar-refractivity contribution in [3.05, 3.63) is 71.0 Å². The predicted octanol–water partition coefficient (Wildman–Crippen LogP) is 2.83. The lowest BCUT2D eigenvalue weighted by Gasteiger charge is -2.08. The van der Waals surface area contributed by atoms with Gasteiger partial charge in [0.05, 0.1) is 11.3 Å². The Hall–Kier alpha value is -2.34. The quantitative estimate of drug-likeness (QED) is 0.828. The Morgan fingerprint density at radius 2 is 1.74 bits per heavy atom. The molecule has 2 rings (SSSR count). The molecule has 0 bridgehead atoms. The van der Waals surface area contributed by atoms with E-state index in [0.717, 1.165) is 5.56 Å². The third kappa shape index (κ3) is 5.41. The third-order valence-electron chi connectivity index (χ3n) is 3.06. The molecule has 0 atom stereocenters. The summed E-state index contributed by atoms with van der Waals surface area (Å²) in [5, 5.41) is 0. The number of thioether (sulfide) groups is 1. The van der Waals surface area contributed by atoms with Gasteiger partial charge in [-0.05, 0) is 24.6 Å². The smallest absolute Gasteiger partial charge is 0.272 e. The van der Waals surface area contributed by atoms with E-state index in [-0.39, 0.29) is 17.2 Å². The minimum atomic E-state index is -0.681. The van der Waals surface area contributed by atoms with Crippen LogP contribution in [0.3, 0.4) is 0 Å². The number of rotatable bonds is 5. The van der Waals surface area contributed by atoms with Crippen LogP contribution in [0.2, 0.25) is 0 Å². The zero-order valence-corrected chi connectivity index (χ0v) is 13.5. The van der Waals surface area contributed by atoms with E-state index in [9.17, 15) is 14.0 Å². The van der Waals surface area contributed by atoms with Crippen molar-refractivity contribution in [2.45, 2.75) is 12.7 Å². The fourth-order valence-corrected chi connectivity index (χ4v) is 2.61. The molecule has 4 nitrogen and oxygen atoms in total. The van der Waals surface area contributed by atoms with Crippen molar-refractivity contribution >= 4 is 23.6 Å². The van der Waals surface area contributed by atoms with E-state index < -0.39 is 11.7 Å². The number of nitrogens with one attached hydrogen (secondary N) is 2. The van der Waals surface area contributed by atoms with Crippen LogP contribution in [-0.4, -0.2) is 17.6 Å². The van der Waals surface area contributed by atoms with Crippen molar-refractivity contribution in [2.24, 2.45) is 0 Å². The summed E-state index contributed by atoms with van der Waals surface area (Å²) < 4.78 is 13.4. The van der Waals surface area contributed by atoms with Crippen LogP contribution in [0.1, 0.15) is 21.5 Å². The van der Waals surface area contributed by atoms with Crippen molar-refractivity contribution in [3.63, 3.8) is 0 Å². The fourth-order valence-electron chi connectivity index (χ4n) is 1.82. The zero-order valence-electron chi connectivity index (χ0n) is 12.6. The highest BCUT2D eigenvalue weighted by Crippen LogP contribution is 2.12. The highest BCUT2D eigenvalue weighted by Gasteiger charge is 2.11. The molecule has 0 saturated carbocycles. The van der Waals surface area contributed by atoms with Gasteiger partial charge >= 0.3 is 0 Å². The fraction of sp³-hybridized carbons (Fsp3) is 0.176. The van der Waals surface area contributed by atoms with Gasteiger partial charge in [0.15, 0.2) is 0 Å². The van der Waals surface area contributed by atoms with Crippen LogP contribution in [0.15, 0.2) is 48.5 Å². The molecule has 0 aliphatic heterocycles. The number of amides is 2. The maximum atomic E-state index is 13.4. The number of hydrazine groups is 1. The SMILES string of the molecule is Cc1ccc(CSCC(=O)NNC(=O)c2ccccc2F)cc1. The third-order valence-corrected chi connectivity index (χ3v) is 4.06. The molecule has 2 amide bonds. The van der Waals surface area contributed by atoms with Gasteiger partial charge in [0.25, 0.3) is 5.91 Å². The Labute approximate surface area is 138 Å². The van der Waals surface area contributed by atoms with E-state index in [1.54, 1.807) is 6.07 Å². The van der Waals surface area contributed by atoms with Crippen LogP contribution >= 0.6 is 11.8 Å². The maximum Gasteiger partial charge on any atom is 0.272 e. The standard InChI is InChI=1S/C17H17FN2O2S/c1-12-6-8-13(9-7-12)10-23-11-16(21)19-20-17(22)14-4-2-3-5-15(14)18/h2-9H,10-11H2,1H3,(H,19,21)(H,20,22). The average molecular weight is 332 g/mol. The maximum absolute atomic E-state index is 13.4. The predicted molar refractivity (Wildman–Crippen MR) is 89.3 cm³/mol. The molecule has 0 heterocycles. The Morgan fingerprint density at radius 3 is 2.43 bits per heavy atom. The Kier molecular flexibility index (Phi) is 6.17. The molecule has 0 fully saturated rings. The van der Waals surface area contributed by atoms with Crippen molar-refractivity contribution < 1.29 is 14.0 Å². The lowest BCUT2D eigenvalue weighted by Crippen LogP contribution is -2.42. The van der Waals surface area contributed by atoms with E-state index in [0.29, 0.717) is 5.75 Å². The topological polar surface area (TPSA) is 58.2 Å². The Balaban J connectivity index is 1.72. The molecule has 0 saturated heterocycles. The van der Waals surface area contributed by atoms with Crippen molar-refractivity contribution in [3.8, 4) is 0 Å². The summed E-state index contributed by atoms with van der Waals surface area (Å²) in [4.78, 5) is 23.4. The minimum absolute atomic E-state index is 0.111. The monoisotopic (exact) mass is 332 g/mol. The summed E-state index contributed by atoms with van der Waals surface area (Å²) in [6.45, 7) is 2.02. The lowest BCUT2D eigenvalue weighted by molar-refractivity contribution is -0.119. The molecule has 23 heavy (non-hydrogen) atoms. The number of carbonyl (C=O) groups excluding carboxylic acids is 2. The molecular formula is C17H17FN2O2S. The highest BCUT2D eigenvalue weighted by atomic mass is 32.2. The van der Waals surface area contributed by atoms with Crippen LogP contribution in [0.25, 0.3) is 0 Å². The second kappa shape index (κ2) is 8.33. The van der Waals surface area contributed by atoms with E-state index in [1.807, 2.05) is 31.2 Å². The molecule has 0 aliphatic rings. The molecule has 2 aromatic rings. The number of carbonyl (C=O) groups is 2. The summed E-state index contributed by atoms with van der Waals surface area (Å²) in [7, 11) is 0. The van der Waals surface area contributed by atoms with Crippen molar-refractivity contribution in [1.29, 1.82) is 0 Å². The molecule has 0 aromatic heterocycles. The lowest BCUT2D eigenvalue weighted by atomic mass is 10.2. The van der Waals surface area contributed by atoms with Gasteiger partial charge in [0.2, 0.25) is 5.91 Å². The second-order valence-electron chi connectivity index (χ2n) is 4.96. The first-order chi connectivity index (χ1) is 11.1. The van der Waals surface area contributed by atoms with E-state index in [4.69, 9.17) is 0 Å². The summed E-state index contributed by atoms with van der Waals surface area (Å²) in [5.41, 5.74) is 6.69. The van der Waals surface area contributed by atoms with Gasteiger partial charge < -0.3 is 0 Å². The molecule has 2 aromatic carbocycles. The Bertz CT molecular complexity index is 689. The van der Waals surface area contributed by atoms with Gasteiger partial charge in [0.1, 0.15) is 5.82 Å². The van der Waals surface area contributed by atoms with E-state index in [2.05, 4.69) is 10.9 Å². The highest BCUT2D eigenvalue weighted by molar-refractivity contribution is 7.99. The van der Waals surface area contributed by atoms with Gasteiger partial charge in [-0.2, -0.15) is 0 Å². The molecule has 120 valence electrons. The molecule has 0 radical (unpaired) electrons. The first kappa shape index (κ1) is 17.0. The van der Waals surface area contributed by atoms with Crippen molar-refractivity contribution in [1.82, 2.24) is 10.9 Å². The summed E-state index contributed by atoms with van der Waals surface area (Å²) in [6.07, 6.45) is 0. The molecule has 0 aliphatic carbocycles. The number of hydrogen-bond donors (Lipinski definition) is 2. The first-order valence-corrected chi connectivity index (χ1v) is 8.19. The molecule has 6 heteroatoms. The number of hydrogen-bond acceptors (Lipinski definition) is 3. The normalized spacial score (nSPS) is 10.2. The number of benzene rings is 2. The molecule has 0 unspecified atom stereocenters. The van der Waals surface area contributed by atoms with Crippen molar-refractivity contribution in [2.75, 3.05) is 5.75 Å². The Morgan fingerprint density at radius 1 is 1.04 bits per heavy atom. The van der Waals surface area contributed by atoms with Gasteiger partial charge in [-0.1, -0.05) is 42.0 Å². The summed E-state index contributed by atoms with van der Waals surface area (Å²) in [5.74, 6) is -0.750. The largest absolute Gasteiger partial charge is 0.272 e. The van der Waals surface area contributed by atoms with Gasteiger partial charge in [0, 0.05) is 5.75 Å². The molecule has 0 spiro atoms. The van der Waals surface area contributed by atoms with Crippen LogP contribution in [0, 0.1) is 12.7 Å². The summed E-state index contributed by atoms with van der Waals surface area (Å²) >= 11 is 1.43. The molecular weight excluding hydrogens is 315 g/mol. The number of halogens is 1. The van der Waals surface area contributed by atoms with Crippen LogP contribution in [0.4, 0.5) is 4.39 Å². The van der Waals surface area contributed by atoms with E-state index in [1.165, 1.54) is 35.5 Å². The van der Waals surface area contributed by atoms with E-state index >= 15 is 0 Å². The zero-order chi connectivity index (χ0) is 16.7. The first-order valence-electron chi connectivity index (χ1n) is 7.03. The van der Waals surface area contributed by atoms with Gasteiger partial charge in [-0.3, -0.25) is 20.4 Å².